The zero-order chi connectivity index (χ0) is 14.3. The van der Waals surface area contributed by atoms with Gasteiger partial charge in [0.1, 0.15) is 5.75 Å². The molecule has 0 fully saturated rings. The Morgan fingerprint density at radius 2 is 1.84 bits per heavy atom. The quantitative estimate of drug-likeness (QED) is 0.593. The van der Waals surface area contributed by atoms with Crippen molar-refractivity contribution in [3.8, 4) is 5.75 Å². The van der Waals surface area contributed by atoms with Gasteiger partial charge in [-0.3, -0.25) is 0 Å². The molecular weight excluding hydrogens is 254 g/mol. The highest BCUT2D eigenvalue weighted by Gasteiger charge is 2.09. The summed E-state index contributed by atoms with van der Waals surface area (Å²) in [6, 6.07) is 8.31. The summed E-state index contributed by atoms with van der Waals surface area (Å²) in [7, 11) is 0. The maximum absolute atomic E-state index is 5.91. The molecule has 0 saturated carbocycles. The summed E-state index contributed by atoms with van der Waals surface area (Å²) in [5.74, 6) is 0.967. The summed E-state index contributed by atoms with van der Waals surface area (Å²) in [6.07, 6.45) is 4.57. The molecule has 0 spiro atoms. The maximum atomic E-state index is 5.91. The zero-order valence-electron chi connectivity index (χ0n) is 12.8. The van der Waals surface area contributed by atoms with Crippen LogP contribution < -0.4 is 10.1 Å². The van der Waals surface area contributed by atoms with Gasteiger partial charge in [-0.15, -0.1) is 11.8 Å². The molecule has 0 aliphatic heterocycles. The van der Waals surface area contributed by atoms with Gasteiger partial charge in [0.25, 0.3) is 0 Å². The van der Waals surface area contributed by atoms with Crippen molar-refractivity contribution in [2.45, 2.75) is 57.1 Å². The molecule has 0 aliphatic rings. The molecule has 0 heterocycles. The summed E-state index contributed by atoms with van der Waals surface area (Å²) in [6.45, 7) is 9.77. The Hall–Kier alpha value is -0.670. The summed E-state index contributed by atoms with van der Waals surface area (Å²) in [5.41, 5.74) is 0.206. The molecule has 2 nitrogen and oxygen atoms in total. The Morgan fingerprint density at radius 3 is 2.37 bits per heavy atom. The molecule has 1 N–H and O–H groups in total. The first kappa shape index (κ1) is 16.4. The topological polar surface area (TPSA) is 21.3 Å². The van der Waals surface area contributed by atoms with Gasteiger partial charge in [0.2, 0.25) is 0 Å². The molecule has 108 valence electrons. The van der Waals surface area contributed by atoms with Crippen molar-refractivity contribution in [1.82, 2.24) is 5.32 Å². The van der Waals surface area contributed by atoms with Crippen LogP contribution in [0.15, 0.2) is 29.2 Å². The second-order valence-corrected chi connectivity index (χ2v) is 6.80. The van der Waals surface area contributed by atoms with Crippen LogP contribution in [0, 0.1) is 0 Å². The number of nitrogens with one attached hydrogen (secondary N) is 1. The monoisotopic (exact) mass is 281 g/mol. The minimum atomic E-state index is 0.206. The Kier molecular flexibility index (Phi) is 6.73. The molecule has 1 aromatic carbocycles. The molecule has 0 amide bonds. The van der Waals surface area contributed by atoms with Crippen molar-refractivity contribution in [2.24, 2.45) is 0 Å². The fraction of sp³-hybridized carbons (Fsp3) is 0.625. The van der Waals surface area contributed by atoms with Crippen LogP contribution >= 0.6 is 11.8 Å². The highest BCUT2D eigenvalue weighted by molar-refractivity contribution is 7.98. The zero-order valence-corrected chi connectivity index (χ0v) is 13.6. The van der Waals surface area contributed by atoms with E-state index in [4.69, 9.17) is 4.74 Å². The fourth-order valence-corrected chi connectivity index (χ4v) is 2.21. The number of rotatable bonds is 7. The van der Waals surface area contributed by atoms with E-state index >= 15 is 0 Å². The first-order valence-corrected chi connectivity index (χ1v) is 8.19. The van der Waals surface area contributed by atoms with Crippen LogP contribution in [0.1, 0.15) is 40.5 Å². The lowest BCUT2D eigenvalue weighted by Crippen LogP contribution is -2.36. The lowest BCUT2D eigenvalue weighted by molar-refractivity contribution is 0.206. The molecule has 0 bridgehead atoms. The summed E-state index contributed by atoms with van der Waals surface area (Å²) < 4.78 is 5.91. The van der Waals surface area contributed by atoms with Crippen LogP contribution in [0.5, 0.6) is 5.75 Å². The van der Waals surface area contributed by atoms with Crippen molar-refractivity contribution in [3.05, 3.63) is 24.3 Å². The maximum Gasteiger partial charge on any atom is 0.119 e. The van der Waals surface area contributed by atoms with Gasteiger partial charge in [0.15, 0.2) is 0 Å². The molecule has 0 aliphatic carbocycles. The number of ether oxygens (including phenoxy) is 1. The molecule has 0 aromatic heterocycles. The Balaban J connectivity index is 2.24. The number of thioether (sulfide) groups is 1. The Labute approximate surface area is 122 Å². The van der Waals surface area contributed by atoms with Crippen LogP contribution in [0.25, 0.3) is 0 Å². The van der Waals surface area contributed by atoms with Crippen LogP contribution in [-0.2, 0) is 0 Å². The highest BCUT2D eigenvalue weighted by Crippen LogP contribution is 2.20. The van der Waals surface area contributed by atoms with E-state index in [2.05, 4.69) is 63.5 Å². The normalized spacial score (nSPS) is 13.3. The minimum Gasteiger partial charge on any atom is -0.491 e. The van der Waals surface area contributed by atoms with Crippen molar-refractivity contribution in [2.75, 3.05) is 12.8 Å². The van der Waals surface area contributed by atoms with Crippen LogP contribution in [0.3, 0.4) is 0 Å². The van der Waals surface area contributed by atoms with E-state index in [9.17, 15) is 0 Å². The van der Waals surface area contributed by atoms with E-state index < -0.39 is 0 Å². The number of benzene rings is 1. The smallest absolute Gasteiger partial charge is 0.119 e. The van der Waals surface area contributed by atoms with Gasteiger partial charge in [-0.2, -0.15) is 0 Å². The Bertz CT molecular complexity index is 356. The van der Waals surface area contributed by atoms with Gasteiger partial charge in [-0.1, -0.05) is 0 Å². The third kappa shape index (κ3) is 7.48. The van der Waals surface area contributed by atoms with Gasteiger partial charge in [-0.25, -0.2) is 0 Å². The van der Waals surface area contributed by atoms with E-state index in [1.165, 1.54) is 4.90 Å². The summed E-state index contributed by atoms with van der Waals surface area (Å²) in [4.78, 5) is 1.27. The first-order chi connectivity index (χ1) is 8.90. The average Bonchev–Trinajstić information content (AvgIpc) is 2.34. The summed E-state index contributed by atoms with van der Waals surface area (Å²) >= 11 is 1.75. The van der Waals surface area contributed by atoms with Crippen LogP contribution in [-0.4, -0.2) is 24.4 Å². The molecule has 1 atom stereocenters. The van der Waals surface area contributed by atoms with Crippen LogP contribution in [0.4, 0.5) is 0 Å². The van der Waals surface area contributed by atoms with Gasteiger partial charge < -0.3 is 10.1 Å². The third-order valence-corrected chi connectivity index (χ3v) is 3.58. The van der Waals surface area contributed by atoms with E-state index in [0.29, 0.717) is 0 Å². The van der Waals surface area contributed by atoms with E-state index in [-0.39, 0.29) is 11.6 Å². The van der Waals surface area contributed by atoms with Gasteiger partial charge in [-0.05, 0) is 77.6 Å². The summed E-state index contributed by atoms with van der Waals surface area (Å²) in [5, 5.41) is 3.50. The lowest BCUT2D eigenvalue weighted by Gasteiger charge is -2.21. The highest BCUT2D eigenvalue weighted by atomic mass is 32.2. The van der Waals surface area contributed by atoms with Crippen molar-refractivity contribution < 1.29 is 4.74 Å². The van der Waals surface area contributed by atoms with Gasteiger partial charge in [0.05, 0.1) is 6.10 Å². The van der Waals surface area contributed by atoms with Crippen LogP contribution in [0.2, 0.25) is 0 Å². The molecule has 0 radical (unpaired) electrons. The number of hydrogen-bond acceptors (Lipinski definition) is 3. The lowest BCUT2D eigenvalue weighted by atomic mass is 10.1. The second-order valence-electron chi connectivity index (χ2n) is 5.92. The van der Waals surface area contributed by atoms with Gasteiger partial charge in [0, 0.05) is 10.4 Å². The van der Waals surface area contributed by atoms with Crippen molar-refractivity contribution in [1.29, 1.82) is 0 Å². The molecular formula is C16H27NOS. The van der Waals surface area contributed by atoms with E-state index in [0.717, 1.165) is 25.1 Å². The van der Waals surface area contributed by atoms with Crippen molar-refractivity contribution in [3.63, 3.8) is 0 Å². The molecule has 1 rings (SSSR count). The molecule has 0 saturated heterocycles. The Morgan fingerprint density at radius 1 is 1.21 bits per heavy atom. The third-order valence-electron chi connectivity index (χ3n) is 2.84. The SMILES string of the molecule is CSc1ccc(OC(C)CCCNC(C)(C)C)cc1. The molecule has 1 aromatic rings. The predicted octanol–water partition coefficient (Wildman–Crippen LogP) is 4.34. The second kappa shape index (κ2) is 7.81. The predicted molar refractivity (Wildman–Crippen MR) is 85.3 cm³/mol. The average molecular weight is 281 g/mol. The molecule has 19 heavy (non-hydrogen) atoms. The first-order valence-electron chi connectivity index (χ1n) is 6.96. The largest absolute Gasteiger partial charge is 0.491 e. The standard InChI is InChI=1S/C16H27NOS/c1-13(7-6-12-17-16(2,3)4)18-14-8-10-15(19-5)11-9-14/h8-11,13,17H,6-7,12H2,1-5H3. The molecule has 1 unspecified atom stereocenters. The van der Waals surface area contributed by atoms with Gasteiger partial charge >= 0.3 is 0 Å². The number of hydrogen-bond donors (Lipinski definition) is 1. The minimum absolute atomic E-state index is 0.206. The van der Waals surface area contributed by atoms with Crippen molar-refractivity contribution >= 4 is 11.8 Å². The van der Waals surface area contributed by atoms with E-state index in [1.807, 2.05) is 0 Å². The molecule has 3 heteroatoms. The fourth-order valence-electron chi connectivity index (χ4n) is 1.80. The van der Waals surface area contributed by atoms with E-state index in [1.54, 1.807) is 11.8 Å².